The van der Waals surface area contributed by atoms with Crippen molar-refractivity contribution < 1.29 is 18.5 Å². The normalized spacial score (nSPS) is 10.1. The molecule has 19 heavy (non-hydrogen) atoms. The third kappa shape index (κ3) is 3.60. The van der Waals surface area contributed by atoms with Crippen molar-refractivity contribution in [3.8, 4) is 0 Å². The number of nitro benzene ring substituents is 1. The molecular formula is C11H13F2N3O3. The van der Waals surface area contributed by atoms with E-state index in [1.165, 1.54) is 4.90 Å². The summed E-state index contributed by atoms with van der Waals surface area (Å²) in [6.07, 6.45) is 0.0140. The fourth-order valence-electron chi connectivity index (χ4n) is 1.38. The first-order valence-corrected chi connectivity index (χ1v) is 5.41. The predicted octanol–water partition coefficient (Wildman–Crippen LogP) is 1.76. The molecule has 1 N–H and O–H groups in total. The summed E-state index contributed by atoms with van der Waals surface area (Å²) in [4.78, 5) is 22.5. The Bertz CT molecular complexity index is 506. The van der Waals surface area contributed by atoms with Gasteiger partial charge >= 0.3 is 0 Å². The van der Waals surface area contributed by atoms with Crippen LogP contribution in [0, 0.1) is 21.7 Å². The van der Waals surface area contributed by atoms with Gasteiger partial charge in [-0.15, -0.1) is 0 Å². The van der Waals surface area contributed by atoms with E-state index in [2.05, 4.69) is 5.32 Å². The minimum atomic E-state index is -1.33. The predicted molar refractivity (Wildman–Crippen MR) is 64.8 cm³/mol. The van der Waals surface area contributed by atoms with Crippen LogP contribution in [0.5, 0.6) is 0 Å². The molecule has 0 aliphatic carbocycles. The molecule has 6 nitrogen and oxygen atoms in total. The van der Waals surface area contributed by atoms with Gasteiger partial charge in [0.1, 0.15) is 0 Å². The van der Waals surface area contributed by atoms with E-state index in [4.69, 9.17) is 0 Å². The summed E-state index contributed by atoms with van der Waals surface area (Å²) in [6, 6.07) is 1.55. The molecule has 0 fully saturated rings. The molecule has 0 saturated heterocycles. The Labute approximate surface area is 108 Å². The maximum atomic E-state index is 13.5. The quantitative estimate of drug-likeness (QED) is 0.655. The van der Waals surface area contributed by atoms with E-state index in [9.17, 15) is 23.7 Å². The van der Waals surface area contributed by atoms with Crippen molar-refractivity contribution in [1.29, 1.82) is 0 Å². The molecule has 1 amide bonds. The van der Waals surface area contributed by atoms with Gasteiger partial charge in [0.15, 0.2) is 17.3 Å². The summed E-state index contributed by atoms with van der Waals surface area (Å²) in [6.45, 7) is -0.0295. The lowest BCUT2D eigenvalue weighted by molar-refractivity contribution is -0.384. The summed E-state index contributed by atoms with van der Waals surface area (Å²) in [5.74, 6) is -2.74. The summed E-state index contributed by atoms with van der Waals surface area (Å²) in [5.41, 5.74) is -1.12. The van der Waals surface area contributed by atoms with Crippen LogP contribution in [0.4, 0.5) is 20.2 Å². The molecule has 0 aliphatic heterocycles. The van der Waals surface area contributed by atoms with Gasteiger partial charge in [0.25, 0.3) is 5.69 Å². The summed E-state index contributed by atoms with van der Waals surface area (Å²) >= 11 is 0. The fourth-order valence-corrected chi connectivity index (χ4v) is 1.38. The highest BCUT2D eigenvalue weighted by molar-refractivity contribution is 5.76. The molecule has 0 aromatic heterocycles. The molecule has 0 bridgehead atoms. The molecule has 1 aromatic rings. The van der Waals surface area contributed by atoms with Crippen LogP contribution in [0.3, 0.4) is 0 Å². The van der Waals surface area contributed by atoms with E-state index in [0.29, 0.717) is 6.07 Å². The minimum absolute atomic E-state index is 0.0140. The Balaban J connectivity index is 2.85. The Hall–Kier alpha value is -2.25. The first kappa shape index (κ1) is 14.8. The number of amides is 1. The van der Waals surface area contributed by atoms with Gasteiger partial charge in [-0.2, -0.15) is 0 Å². The number of hydrogen-bond acceptors (Lipinski definition) is 4. The standard InChI is InChI=1S/C11H13F2N3O3/c1-15(2)9(17)5-6-14-11-8(16(18)19)4-3-7(12)10(11)13/h3-4,14H,5-6H2,1-2H3. The summed E-state index contributed by atoms with van der Waals surface area (Å²) in [5, 5.41) is 13.1. The van der Waals surface area contributed by atoms with E-state index >= 15 is 0 Å². The van der Waals surface area contributed by atoms with E-state index in [1.54, 1.807) is 14.1 Å². The van der Waals surface area contributed by atoms with Crippen LogP contribution in [0.2, 0.25) is 0 Å². The van der Waals surface area contributed by atoms with Crippen molar-refractivity contribution >= 4 is 17.3 Å². The number of nitrogens with zero attached hydrogens (tertiary/aromatic N) is 2. The van der Waals surface area contributed by atoms with Crippen molar-refractivity contribution in [1.82, 2.24) is 4.90 Å². The van der Waals surface area contributed by atoms with Crippen LogP contribution in [0.25, 0.3) is 0 Å². The van der Waals surface area contributed by atoms with Crippen molar-refractivity contribution in [2.75, 3.05) is 26.0 Å². The number of anilines is 1. The largest absolute Gasteiger partial charge is 0.376 e. The first-order chi connectivity index (χ1) is 8.84. The van der Waals surface area contributed by atoms with Crippen LogP contribution in [0.1, 0.15) is 6.42 Å². The third-order valence-corrected chi connectivity index (χ3v) is 2.41. The van der Waals surface area contributed by atoms with Crippen molar-refractivity contribution in [3.05, 3.63) is 33.9 Å². The maximum absolute atomic E-state index is 13.5. The number of nitro groups is 1. The molecule has 0 atom stereocenters. The lowest BCUT2D eigenvalue weighted by atomic mass is 10.2. The molecule has 0 saturated carbocycles. The van der Waals surface area contributed by atoms with Crippen LogP contribution in [0.15, 0.2) is 12.1 Å². The molecule has 1 aromatic carbocycles. The van der Waals surface area contributed by atoms with Gasteiger partial charge in [0.2, 0.25) is 5.91 Å². The molecular weight excluding hydrogens is 260 g/mol. The van der Waals surface area contributed by atoms with E-state index in [1.807, 2.05) is 0 Å². The fraction of sp³-hybridized carbons (Fsp3) is 0.364. The average Bonchev–Trinajstić information content (AvgIpc) is 2.33. The molecule has 8 heteroatoms. The Morgan fingerprint density at radius 1 is 1.42 bits per heavy atom. The van der Waals surface area contributed by atoms with Crippen LogP contribution in [-0.4, -0.2) is 36.4 Å². The molecule has 0 aliphatic rings. The third-order valence-electron chi connectivity index (χ3n) is 2.41. The second kappa shape index (κ2) is 6.07. The second-order valence-electron chi connectivity index (χ2n) is 3.98. The molecule has 0 heterocycles. The van der Waals surface area contributed by atoms with E-state index in [-0.39, 0.29) is 18.9 Å². The van der Waals surface area contributed by atoms with Crippen molar-refractivity contribution in [2.24, 2.45) is 0 Å². The van der Waals surface area contributed by atoms with E-state index < -0.39 is 27.9 Å². The maximum Gasteiger partial charge on any atom is 0.295 e. The lowest BCUT2D eigenvalue weighted by Gasteiger charge is -2.11. The Kier molecular flexibility index (Phi) is 4.74. The highest BCUT2D eigenvalue weighted by atomic mass is 19.2. The van der Waals surface area contributed by atoms with Gasteiger partial charge in [-0.05, 0) is 6.07 Å². The van der Waals surface area contributed by atoms with Gasteiger partial charge in [0.05, 0.1) is 4.92 Å². The van der Waals surface area contributed by atoms with Crippen LogP contribution >= 0.6 is 0 Å². The number of hydrogen-bond donors (Lipinski definition) is 1. The minimum Gasteiger partial charge on any atom is -0.376 e. The number of rotatable bonds is 5. The first-order valence-electron chi connectivity index (χ1n) is 5.41. The zero-order valence-electron chi connectivity index (χ0n) is 10.4. The molecule has 0 unspecified atom stereocenters. The summed E-state index contributed by atoms with van der Waals surface area (Å²) in [7, 11) is 3.10. The monoisotopic (exact) mass is 273 g/mol. The van der Waals surface area contributed by atoms with Crippen LogP contribution < -0.4 is 5.32 Å². The Morgan fingerprint density at radius 2 is 2.05 bits per heavy atom. The zero-order valence-corrected chi connectivity index (χ0v) is 10.4. The van der Waals surface area contributed by atoms with Crippen molar-refractivity contribution in [2.45, 2.75) is 6.42 Å². The number of halogens is 2. The van der Waals surface area contributed by atoms with Gasteiger partial charge in [0, 0.05) is 33.1 Å². The molecule has 0 radical (unpaired) electrons. The van der Waals surface area contributed by atoms with Gasteiger partial charge < -0.3 is 10.2 Å². The number of carbonyl (C=O) groups excluding carboxylic acids is 1. The smallest absolute Gasteiger partial charge is 0.295 e. The zero-order chi connectivity index (χ0) is 14.6. The van der Waals surface area contributed by atoms with Crippen molar-refractivity contribution in [3.63, 3.8) is 0 Å². The second-order valence-corrected chi connectivity index (χ2v) is 3.98. The lowest BCUT2D eigenvalue weighted by Crippen LogP contribution is -2.24. The van der Waals surface area contributed by atoms with Gasteiger partial charge in [-0.25, -0.2) is 8.78 Å². The Morgan fingerprint density at radius 3 is 2.58 bits per heavy atom. The molecule has 0 spiro atoms. The van der Waals surface area contributed by atoms with Gasteiger partial charge in [-0.3, -0.25) is 14.9 Å². The average molecular weight is 273 g/mol. The molecule has 1 rings (SSSR count). The highest BCUT2D eigenvalue weighted by Crippen LogP contribution is 2.28. The highest BCUT2D eigenvalue weighted by Gasteiger charge is 2.21. The number of carbonyl (C=O) groups is 1. The topological polar surface area (TPSA) is 75.5 Å². The number of nitrogens with one attached hydrogen (secondary N) is 1. The SMILES string of the molecule is CN(C)C(=O)CCNc1c([N+](=O)[O-])ccc(F)c1F. The summed E-state index contributed by atoms with van der Waals surface area (Å²) < 4.78 is 26.5. The van der Waals surface area contributed by atoms with Crippen LogP contribution in [-0.2, 0) is 4.79 Å². The van der Waals surface area contributed by atoms with Gasteiger partial charge in [-0.1, -0.05) is 0 Å². The number of benzene rings is 1. The van der Waals surface area contributed by atoms with E-state index in [0.717, 1.165) is 6.07 Å². The molecule has 104 valence electrons.